The van der Waals surface area contributed by atoms with Crippen LogP contribution in [0.2, 0.25) is 0 Å². The summed E-state index contributed by atoms with van der Waals surface area (Å²) in [5.41, 5.74) is 1.93. The number of amides is 4. The van der Waals surface area contributed by atoms with Gasteiger partial charge in [0.1, 0.15) is 5.82 Å². The zero-order valence-corrected chi connectivity index (χ0v) is 14.8. The maximum Gasteiger partial charge on any atom is 0.324 e. The summed E-state index contributed by atoms with van der Waals surface area (Å²) in [6.45, 7) is 0.582. The molecule has 0 saturated heterocycles. The second kappa shape index (κ2) is 7.22. The van der Waals surface area contributed by atoms with Crippen molar-refractivity contribution in [2.45, 2.75) is 38.8 Å². The van der Waals surface area contributed by atoms with Gasteiger partial charge in [0.15, 0.2) is 0 Å². The van der Waals surface area contributed by atoms with E-state index >= 15 is 0 Å². The minimum atomic E-state index is -0.477. The highest BCUT2D eigenvalue weighted by molar-refractivity contribution is 6.04. The number of H-pyrrole nitrogens is 1. The molecule has 0 bridgehead atoms. The van der Waals surface area contributed by atoms with Crippen LogP contribution in [0.4, 0.5) is 10.6 Å². The minimum absolute atomic E-state index is 0.00102. The van der Waals surface area contributed by atoms with Gasteiger partial charge >= 0.3 is 6.03 Å². The van der Waals surface area contributed by atoms with E-state index in [0.717, 1.165) is 31.2 Å². The Morgan fingerprint density at radius 3 is 2.56 bits per heavy atom. The van der Waals surface area contributed by atoms with Crippen LogP contribution < -0.4 is 10.6 Å². The van der Waals surface area contributed by atoms with Gasteiger partial charge in [-0.25, -0.2) is 4.79 Å². The number of urea groups is 1. The smallest absolute Gasteiger partial charge is 0.314 e. The van der Waals surface area contributed by atoms with E-state index in [4.69, 9.17) is 0 Å². The predicted molar refractivity (Wildman–Crippen MR) is 97.7 cm³/mol. The van der Waals surface area contributed by atoms with Crippen LogP contribution in [0.1, 0.15) is 47.3 Å². The summed E-state index contributed by atoms with van der Waals surface area (Å²) in [7, 11) is 0. The lowest BCUT2D eigenvalue weighted by Gasteiger charge is -2.16. The number of aromatic amines is 1. The van der Waals surface area contributed by atoms with Crippen molar-refractivity contribution in [2.24, 2.45) is 5.92 Å². The minimum Gasteiger partial charge on any atom is -0.314 e. The second-order valence-corrected chi connectivity index (χ2v) is 6.98. The third kappa shape index (κ3) is 3.55. The van der Waals surface area contributed by atoms with Gasteiger partial charge in [0.2, 0.25) is 5.91 Å². The molecule has 3 N–H and O–H groups in total. The number of carbonyl (C=O) groups is 3. The molecule has 4 amide bonds. The molecule has 0 atom stereocenters. The number of rotatable bonds is 3. The van der Waals surface area contributed by atoms with Crippen molar-refractivity contribution in [3.8, 4) is 0 Å². The van der Waals surface area contributed by atoms with Gasteiger partial charge in [-0.05, 0) is 25.0 Å². The van der Waals surface area contributed by atoms with Crippen molar-refractivity contribution in [3.05, 3.63) is 47.2 Å². The SMILES string of the molecule is O=C(NC(=O)N1Cc2n[nH]c(NC(=O)C3CCCC3)c2C1)c1ccccc1. The Morgan fingerprint density at radius 1 is 1.07 bits per heavy atom. The number of fused-ring (bicyclic) bond motifs is 1. The van der Waals surface area contributed by atoms with Crippen molar-refractivity contribution in [1.29, 1.82) is 0 Å². The number of benzene rings is 1. The highest BCUT2D eigenvalue weighted by atomic mass is 16.2. The Balaban J connectivity index is 1.38. The average Bonchev–Trinajstić information content (AvgIpc) is 3.41. The number of aromatic nitrogens is 2. The Morgan fingerprint density at radius 2 is 1.81 bits per heavy atom. The van der Waals surface area contributed by atoms with Crippen molar-refractivity contribution < 1.29 is 14.4 Å². The number of carbonyl (C=O) groups excluding carboxylic acids is 3. The predicted octanol–water partition coefficient (Wildman–Crippen LogP) is 2.40. The van der Waals surface area contributed by atoms with Crippen LogP contribution in [0.15, 0.2) is 30.3 Å². The van der Waals surface area contributed by atoms with Gasteiger partial charge in [0, 0.05) is 17.0 Å². The molecule has 2 heterocycles. The number of nitrogens with one attached hydrogen (secondary N) is 3. The maximum atomic E-state index is 12.4. The Hall–Kier alpha value is -3.16. The number of nitrogens with zero attached hydrogens (tertiary/aromatic N) is 2. The first-order valence-electron chi connectivity index (χ1n) is 9.14. The van der Waals surface area contributed by atoms with Crippen LogP contribution in [0.3, 0.4) is 0 Å². The summed E-state index contributed by atoms with van der Waals surface area (Å²) >= 11 is 0. The van der Waals surface area contributed by atoms with E-state index in [-0.39, 0.29) is 11.8 Å². The zero-order valence-electron chi connectivity index (χ0n) is 14.8. The molecule has 1 fully saturated rings. The van der Waals surface area contributed by atoms with Crippen LogP contribution in [0.25, 0.3) is 0 Å². The van der Waals surface area contributed by atoms with Gasteiger partial charge in [-0.3, -0.25) is 20.0 Å². The number of anilines is 1. The summed E-state index contributed by atoms with van der Waals surface area (Å²) in [6.07, 6.45) is 4.00. The zero-order chi connectivity index (χ0) is 18.8. The molecule has 2 aromatic rings. The largest absolute Gasteiger partial charge is 0.324 e. The first-order valence-corrected chi connectivity index (χ1v) is 9.14. The lowest BCUT2D eigenvalue weighted by atomic mass is 10.1. The molecule has 0 spiro atoms. The van der Waals surface area contributed by atoms with Gasteiger partial charge in [-0.1, -0.05) is 31.0 Å². The van der Waals surface area contributed by atoms with Crippen molar-refractivity contribution in [2.75, 3.05) is 5.32 Å². The molecule has 4 rings (SSSR count). The average molecular weight is 367 g/mol. The molecular weight excluding hydrogens is 346 g/mol. The summed E-state index contributed by atoms with van der Waals surface area (Å²) in [5, 5.41) is 12.3. The molecule has 0 radical (unpaired) electrons. The van der Waals surface area contributed by atoms with Crippen LogP contribution in [-0.2, 0) is 17.9 Å². The molecule has 27 heavy (non-hydrogen) atoms. The molecular formula is C19H21N5O3. The van der Waals surface area contributed by atoms with E-state index in [2.05, 4.69) is 20.8 Å². The maximum absolute atomic E-state index is 12.4. The molecule has 1 aromatic carbocycles. The van der Waals surface area contributed by atoms with Crippen molar-refractivity contribution >= 4 is 23.7 Å². The molecule has 1 aromatic heterocycles. The van der Waals surface area contributed by atoms with E-state index in [1.165, 1.54) is 4.90 Å². The van der Waals surface area contributed by atoms with E-state index < -0.39 is 11.9 Å². The summed E-state index contributed by atoms with van der Waals surface area (Å²) in [5.74, 6) is 0.155. The number of hydrogen-bond donors (Lipinski definition) is 3. The second-order valence-electron chi connectivity index (χ2n) is 6.98. The fourth-order valence-electron chi connectivity index (χ4n) is 3.63. The first-order chi connectivity index (χ1) is 13.1. The molecule has 8 nitrogen and oxygen atoms in total. The van der Waals surface area contributed by atoms with Gasteiger partial charge < -0.3 is 10.2 Å². The lowest BCUT2D eigenvalue weighted by molar-refractivity contribution is -0.119. The van der Waals surface area contributed by atoms with Crippen LogP contribution >= 0.6 is 0 Å². The Labute approximate surface area is 156 Å². The molecule has 1 aliphatic carbocycles. The van der Waals surface area contributed by atoms with Crippen LogP contribution in [0, 0.1) is 5.92 Å². The monoisotopic (exact) mass is 367 g/mol. The summed E-state index contributed by atoms with van der Waals surface area (Å²) < 4.78 is 0. The van der Waals surface area contributed by atoms with Gasteiger partial charge in [0.25, 0.3) is 5.91 Å². The standard InChI is InChI=1S/C19H21N5O3/c25-17(12-8-4-5-9-12)20-16-14-10-24(11-15(14)22-23-16)19(27)21-18(26)13-6-2-1-3-7-13/h1-3,6-7,12H,4-5,8-11H2,(H,21,26,27)(H2,20,22,23,25). The first kappa shape index (κ1) is 17.3. The molecule has 1 aliphatic heterocycles. The molecule has 140 valence electrons. The molecule has 2 aliphatic rings. The van der Waals surface area contributed by atoms with Crippen LogP contribution in [-0.4, -0.2) is 32.9 Å². The quantitative estimate of drug-likeness (QED) is 0.774. The highest BCUT2D eigenvalue weighted by Gasteiger charge is 2.31. The molecule has 8 heteroatoms. The summed E-state index contributed by atoms with van der Waals surface area (Å²) in [6, 6.07) is 8.10. The Kier molecular flexibility index (Phi) is 4.62. The van der Waals surface area contributed by atoms with E-state index in [9.17, 15) is 14.4 Å². The van der Waals surface area contributed by atoms with E-state index in [1.807, 2.05) is 0 Å². The molecule has 1 saturated carbocycles. The van der Waals surface area contributed by atoms with E-state index in [0.29, 0.717) is 30.2 Å². The number of hydrogen-bond acceptors (Lipinski definition) is 4. The van der Waals surface area contributed by atoms with Gasteiger partial charge in [-0.15, -0.1) is 0 Å². The fourth-order valence-corrected chi connectivity index (χ4v) is 3.63. The highest BCUT2D eigenvalue weighted by Crippen LogP contribution is 2.30. The van der Waals surface area contributed by atoms with Crippen molar-refractivity contribution in [1.82, 2.24) is 20.4 Å². The third-order valence-corrected chi connectivity index (χ3v) is 5.16. The normalized spacial score (nSPS) is 16.2. The van der Waals surface area contributed by atoms with E-state index in [1.54, 1.807) is 30.3 Å². The Bertz CT molecular complexity index is 871. The fraction of sp³-hybridized carbons (Fsp3) is 0.368. The van der Waals surface area contributed by atoms with Crippen LogP contribution in [0.5, 0.6) is 0 Å². The lowest BCUT2D eigenvalue weighted by Crippen LogP contribution is -2.40. The van der Waals surface area contributed by atoms with Gasteiger partial charge in [-0.2, -0.15) is 5.10 Å². The topological polar surface area (TPSA) is 107 Å². The van der Waals surface area contributed by atoms with Crippen molar-refractivity contribution in [3.63, 3.8) is 0 Å². The number of imide groups is 1. The molecule has 0 unspecified atom stereocenters. The summed E-state index contributed by atoms with van der Waals surface area (Å²) in [4.78, 5) is 38.4. The van der Waals surface area contributed by atoms with Gasteiger partial charge in [0.05, 0.1) is 18.8 Å². The third-order valence-electron chi connectivity index (χ3n) is 5.16.